The van der Waals surface area contributed by atoms with Crippen molar-refractivity contribution >= 4 is 11.9 Å². The highest BCUT2D eigenvalue weighted by molar-refractivity contribution is 6.01. The molecule has 2 aliphatic carbocycles. The minimum absolute atomic E-state index is 0.0416. The van der Waals surface area contributed by atoms with Crippen molar-refractivity contribution in [2.45, 2.75) is 0 Å². The predicted molar refractivity (Wildman–Crippen MR) is 100 cm³/mol. The third-order valence-corrected chi connectivity index (χ3v) is 4.02. The van der Waals surface area contributed by atoms with Gasteiger partial charge in [0.15, 0.2) is 0 Å². The van der Waals surface area contributed by atoms with Gasteiger partial charge in [0.25, 0.3) is 0 Å². The molecule has 0 aromatic heterocycles. The van der Waals surface area contributed by atoms with Crippen molar-refractivity contribution in [3.8, 4) is 22.3 Å². The molecule has 0 unspecified atom stereocenters. The van der Waals surface area contributed by atoms with Crippen molar-refractivity contribution in [3.63, 3.8) is 0 Å². The van der Waals surface area contributed by atoms with Crippen LogP contribution in [-0.2, 0) is 0 Å². The molecule has 0 atom stereocenters. The highest BCUT2D eigenvalue weighted by Gasteiger charge is 2.17. The van der Waals surface area contributed by atoms with Crippen LogP contribution in [-0.4, -0.2) is 22.2 Å². The summed E-state index contributed by atoms with van der Waals surface area (Å²) < 4.78 is 0. The van der Waals surface area contributed by atoms with Gasteiger partial charge in [-0.3, -0.25) is 0 Å². The smallest absolute Gasteiger partial charge is 0.336 e. The fourth-order valence-corrected chi connectivity index (χ4v) is 2.80. The standard InChI is InChI=1S/C22H16O4/c23-21(24)16-12-13-19(22(25)26)20(14-16)18-11-7-3-5-9-15-8-4-1-2-6-10-17(15)18/h1-14H,(H,23,24)(H,25,26). The molecule has 2 aliphatic rings. The summed E-state index contributed by atoms with van der Waals surface area (Å²) in [5, 5.41) is 18.9. The number of hydrogen-bond donors (Lipinski definition) is 2. The van der Waals surface area contributed by atoms with Crippen LogP contribution in [0.4, 0.5) is 0 Å². The minimum Gasteiger partial charge on any atom is -0.478 e. The fraction of sp³-hybridized carbons (Fsp3) is 0. The number of benzene rings is 1. The Morgan fingerprint density at radius 3 is 1.77 bits per heavy atom. The third kappa shape index (κ3) is 3.54. The van der Waals surface area contributed by atoms with Crippen molar-refractivity contribution in [1.29, 1.82) is 0 Å². The van der Waals surface area contributed by atoms with E-state index >= 15 is 0 Å². The van der Waals surface area contributed by atoms with Gasteiger partial charge >= 0.3 is 11.9 Å². The van der Waals surface area contributed by atoms with Crippen molar-refractivity contribution in [2.24, 2.45) is 0 Å². The monoisotopic (exact) mass is 344 g/mol. The topological polar surface area (TPSA) is 74.6 Å². The van der Waals surface area contributed by atoms with E-state index < -0.39 is 11.9 Å². The third-order valence-electron chi connectivity index (χ3n) is 4.02. The molecule has 26 heavy (non-hydrogen) atoms. The van der Waals surface area contributed by atoms with Gasteiger partial charge < -0.3 is 10.2 Å². The fourth-order valence-electron chi connectivity index (χ4n) is 2.80. The van der Waals surface area contributed by atoms with Crippen LogP contribution in [0.2, 0.25) is 0 Å². The maximum Gasteiger partial charge on any atom is 0.336 e. The zero-order valence-corrected chi connectivity index (χ0v) is 13.8. The summed E-state index contributed by atoms with van der Waals surface area (Å²) >= 11 is 0. The molecule has 0 saturated carbocycles. The molecule has 0 radical (unpaired) electrons. The average molecular weight is 344 g/mol. The Labute approximate surface area is 150 Å². The van der Waals surface area contributed by atoms with E-state index in [1.165, 1.54) is 18.2 Å². The van der Waals surface area contributed by atoms with Crippen LogP contribution in [0.5, 0.6) is 0 Å². The van der Waals surface area contributed by atoms with E-state index in [9.17, 15) is 19.8 Å². The molecule has 1 aromatic carbocycles. The quantitative estimate of drug-likeness (QED) is 0.703. The lowest BCUT2D eigenvalue weighted by Gasteiger charge is -2.12. The van der Waals surface area contributed by atoms with Crippen LogP contribution in [0.1, 0.15) is 20.7 Å². The lowest BCUT2D eigenvalue weighted by atomic mass is 9.91. The van der Waals surface area contributed by atoms with Gasteiger partial charge in [-0.05, 0) is 40.5 Å². The molecule has 0 amide bonds. The maximum absolute atomic E-state index is 11.7. The van der Waals surface area contributed by atoms with Crippen LogP contribution in [0.3, 0.4) is 0 Å². The summed E-state index contributed by atoms with van der Waals surface area (Å²) in [6.07, 6.45) is 0. The van der Waals surface area contributed by atoms with Crippen LogP contribution < -0.4 is 0 Å². The van der Waals surface area contributed by atoms with Crippen molar-refractivity contribution in [2.75, 3.05) is 0 Å². The summed E-state index contributed by atoms with van der Waals surface area (Å²) in [5.41, 5.74) is 2.83. The summed E-state index contributed by atoms with van der Waals surface area (Å²) in [4.78, 5) is 23.1. The van der Waals surface area contributed by atoms with Gasteiger partial charge in [0.2, 0.25) is 0 Å². The minimum atomic E-state index is -1.10. The van der Waals surface area contributed by atoms with Crippen LogP contribution in [0, 0.1) is 0 Å². The van der Waals surface area contributed by atoms with E-state index in [-0.39, 0.29) is 11.1 Å². The van der Waals surface area contributed by atoms with E-state index in [1.54, 1.807) is 12.1 Å². The molecule has 128 valence electrons. The number of carbonyl (C=O) groups is 2. The van der Waals surface area contributed by atoms with E-state index in [0.29, 0.717) is 11.1 Å². The van der Waals surface area contributed by atoms with Gasteiger partial charge in [-0.1, -0.05) is 66.7 Å². The lowest BCUT2D eigenvalue weighted by Crippen LogP contribution is -2.04. The van der Waals surface area contributed by atoms with Crippen LogP contribution in [0.25, 0.3) is 22.3 Å². The molecule has 0 saturated heterocycles. The molecular weight excluding hydrogens is 328 g/mol. The summed E-state index contributed by atoms with van der Waals surface area (Å²) in [6.45, 7) is 0. The van der Waals surface area contributed by atoms with Crippen molar-refractivity contribution in [3.05, 3.63) is 96.1 Å². The molecule has 4 heteroatoms. The Balaban J connectivity index is 2.42. The number of carboxylic acids is 2. The van der Waals surface area contributed by atoms with E-state index in [0.717, 1.165) is 11.1 Å². The second-order valence-corrected chi connectivity index (χ2v) is 5.67. The Kier molecular flexibility index (Phi) is 4.94. The molecule has 0 aliphatic heterocycles. The van der Waals surface area contributed by atoms with E-state index in [2.05, 4.69) is 0 Å². The summed E-state index contributed by atoms with van der Waals surface area (Å²) in [6, 6.07) is 24.7. The van der Waals surface area contributed by atoms with Crippen LogP contribution in [0.15, 0.2) is 84.9 Å². The zero-order chi connectivity index (χ0) is 18.5. The summed E-state index contributed by atoms with van der Waals surface area (Å²) in [5.74, 6) is -2.21. The van der Waals surface area contributed by atoms with E-state index in [1.807, 2.05) is 54.6 Å². The SMILES string of the molecule is O=C(O)c1ccc(C(=O)O)c(-c2cccccc3ccccccc2-3)c1. The molecule has 0 spiro atoms. The van der Waals surface area contributed by atoms with Crippen molar-refractivity contribution in [1.82, 2.24) is 0 Å². The Bertz CT molecular complexity index is 1000. The van der Waals surface area contributed by atoms with Gasteiger partial charge in [-0.15, -0.1) is 0 Å². The van der Waals surface area contributed by atoms with Gasteiger partial charge in [0, 0.05) is 0 Å². The number of aromatic carboxylic acids is 2. The van der Waals surface area contributed by atoms with Gasteiger partial charge in [-0.2, -0.15) is 0 Å². The first-order chi connectivity index (χ1) is 12.6. The average Bonchev–Trinajstić information content (AvgIpc) is 2.58. The Hall–Kier alpha value is -3.66. The molecule has 1 aromatic rings. The predicted octanol–water partition coefficient (Wildman–Crippen LogP) is 4.98. The molecule has 4 nitrogen and oxygen atoms in total. The second-order valence-electron chi connectivity index (χ2n) is 5.67. The van der Waals surface area contributed by atoms with E-state index in [4.69, 9.17) is 0 Å². The van der Waals surface area contributed by atoms with Crippen molar-refractivity contribution < 1.29 is 19.8 Å². The lowest BCUT2D eigenvalue weighted by molar-refractivity contribution is 0.0682. The number of fused-ring (bicyclic) bond motifs is 1. The zero-order valence-electron chi connectivity index (χ0n) is 13.8. The molecule has 2 N–H and O–H groups in total. The molecule has 0 heterocycles. The largest absolute Gasteiger partial charge is 0.478 e. The first-order valence-electron chi connectivity index (χ1n) is 8.00. The highest BCUT2D eigenvalue weighted by Crippen LogP contribution is 2.33. The Morgan fingerprint density at radius 2 is 1.15 bits per heavy atom. The molecule has 0 fully saturated rings. The molecule has 0 bridgehead atoms. The number of rotatable bonds is 3. The molecule has 3 rings (SSSR count). The normalized spacial score (nSPS) is 10.2. The molecular formula is C22H16O4. The maximum atomic E-state index is 11.7. The van der Waals surface area contributed by atoms with Gasteiger partial charge in [-0.25, -0.2) is 9.59 Å². The van der Waals surface area contributed by atoms with Crippen LogP contribution >= 0.6 is 0 Å². The van der Waals surface area contributed by atoms with Gasteiger partial charge in [0.1, 0.15) is 0 Å². The van der Waals surface area contributed by atoms with Gasteiger partial charge in [0.05, 0.1) is 11.1 Å². The first kappa shape index (κ1) is 17.2. The second kappa shape index (κ2) is 7.49. The number of carboxylic acid groups (broad SMARTS) is 2. The number of hydrogen-bond acceptors (Lipinski definition) is 2. The highest BCUT2D eigenvalue weighted by atomic mass is 16.4. The summed E-state index contributed by atoms with van der Waals surface area (Å²) in [7, 11) is 0. The Morgan fingerprint density at radius 1 is 0.577 bits per heavy atom. The first-order valence-corrected chi connectivity index (χ1v) is 8.00.